The van der Waals surface area contributed by atoms with Crippen LogP contribution in [0.3, 0.4) is 0 Å². The van der Waals surface area contributed by atoms with Gasteiger partial charge >= 0.3 is 6.01 Å². The molecule has 1 aromatic rings. The molecule has 7 nitrogen and oxygen atoms in total. The number of nitrogens with one attached hydrogen (secondary N) is 1. The molecule has 0 bridgehead atoms. The van der Waals surface area contributed by atoms with E-state index in [1.807, 2.05) is 4.90 Å². The van der Waals surface area contributed by atoms with Gasteiger partial charge in [-0.25, -0.2) is 4.98 Å². The van der Waals surface area contributed by atoms with Gasteiger partial charge in [0.1, 0.15) is 12.4 Å². The average Bonchev–Trinajstić information content (AvgIpc) is 2.87. The molecule has 1 aliphatic rings. The molecule has 0 aromatic carbocycles. The van der Waals surface area contributed by atoms with Crippen LogP contribution in [0.15, 0.2) is 6.33 Å². The highest BCUT2D eigenvalue weighted by atomic mass is 16.5. The monoisotopic (exact) mass is 237 g/mol. The number of nitrogens with zero attached hydrogens (tertiary/aromatic N) is 4. The fraction of sp³-hybridized carbons (Fsp3) is 0.600. The van der Waals surface area contributed by atoms with Gasteiger partial charge in [-0.2, -0.15) is 9.97 Å². The van der Waals surface area contributed by atoms with Gasteiger partial charge in [0.25, 0.3) is 0 Å². The van der Waals surface area contributed by atoms with Crippen molar-refractivity contribution in [2.24, 2.45) is 0 Å². The van der Waals surface area contributed by atoms with Crippen LogP contribution in [0, 0.1) is 0 Å². The number of amides is 1. The molecule has 17 heavy (non-hydrogen) atoms. The van der Waals surface area contributed by atoms with Crippen molar-refractivity contribution in [3.05, 3.63) is 6.33 Å². The lowest BCUT2D eigenvalue weighted by Crippen LogP contribution is -2.42. The molecule has 1 saturated heterocycles. The number of carbonyl (C=O) groups excluding carboxylic acids is 1. The zero-order valence-electron chi connectivity index (χ0n) is 9.88. The van der Waals surface area contributed by atoms with Crippen LogP contribution in [-0.4, -0.2) is 47.6 Å². The van der Waals surface area contributed by atoms with Crippen molar-refractivity contribution in [1.29, 1.82) is 0 Å². The van der Waals surface area contributed by atoms with Crippen molar-refractivity contribution in [2.45, 2.75) is 18.9 Å². The van der Waals surface area contributed by atoms with Crippen LogP contribution >= 0.6 is 0 Å². The van der Waals surface area contributed by atoms with E-state index in [0.717, 1.165) is 19.4 Å². The molecule has 2 rings (SSSR count). The second-order valence-electron chi connectivity index (χ2n) is 3.74. The Morgan fingerprint density at radius 2 is 2.41 bits per heavy atom. The third kappa shape index (κ3) is 2.27. The highest BCUT2D eigenvalue weighted by Crippen LogP contribution is 2.22. The van der Waals surface area contributed by atoms with Crippen molar-refractivity contribution in [3.8, 4) is 6.01 Å². The van der Waals surface area contributed by atoms with Crippen LogP contribution in [0.5, 0.6) is 6.01 Å². The molecule has 1 unspecified atom stereocenters. The number of hydrogen-bond donors (Lipinski definition) is 1. The fourth-order valence-corrected chi connectivity index (χ4v) is 1.96. The van der Waals surface area contributed by atoms with Gasteiger partial charge in [-0.3, -0.25) is 4.79 Å². The highest BCUT2D eigenvalue weighted by Gasteiger charge is 2.32. The number of aromatic nitrogens is 3. The van der Waals surface area contributed by atoms with Gasteiger partial charge < -0.3 is 15.0 Å². The molecule has 2 heterocycles. The predicted molar refractivity (Wildman–Crippen MR) is 60.8 cm³/mol. The van der Waals surface area contributed by atoms with E-state index in [4.69, 9.17) is 4.74 Å². The van der Waals surface area contributed by atoms with Gasteiger partial charge in [0, 0.05) is 13.6 Å². The van der Waals surface area contributed by atoms with Crippen molar-refractivity contribution < 1.29 is 9.53 Å². The van der Waals surface area contributed by atoms with E-state index in [2.05, 4.69) is 20.3 Å². The maximum absolute atomic E-state index is 11.7. The minimum Gasteiger partial charge on any atom is -0.467 e. The van der Waals surface area contributed by atoms with E-state index in [1.165, 1.54) is 13.4 Å². The van der Waals surface area contributed by atoms with Crippen LogP contribution in [0.25, 0.3) is 0 Å². The van der Waals surface area contributed by atoms with Crippen LogP contribution < -0.4 is 15.0 Å². The lowest BCUT2D eigenvalue weighted by Gasteiger charge is -2.22. The molecule has 1 aromatic heterocycles. The predicted octanol–water partition coefficient (Wildman–Crippen LogP) is -0.405. The van der Waals surface area contributed by atoms with E-state index >= 15 is 0 Å². The number of carbonyl (C=O) groups is 1. The molecular formula is C10H15N5O2. The lowest BCUT2D eigenvalue weighted by atomic mass is 10.2. The molecular weight excluding hydrogens is 222 g/mol. The third-order valence-electron chi connectivity index (χ3n) is 2.78. The topological polar surface area (TPSA) is 80.2 Å². The first-order chi connectivity index (χ1) is 8.26. The summed E-state index contributed by atoms with van der Waals surface area (Å²) < 4.78 is 4.95. The molecule has 1 N–H and O–H groups in total. The minimum atomic E-state index is -0.202. The Labute approximate surface area is 99.2 Å². The standard InChI is InChI=1S/C10H15N5O2/c1-11-8(16)7-4-3-5-15(7)9-12-6-13-10(14-9)17-2/h6-7H,3-5H2,1-2H3,(H,11,16). The van der Waals surface area contributed by atoms with Crippen molar-refractivity contribution in [2.75, 3.05) is 25.6 Å². The Bertz CT molecular complexity index is 411. The van der Waals surface area contributed by atoms with Crippen molar-refractivity contribution >= 4 is 11.9 Å². The largest absolute Gasteiger partial charge is 0.467 e. The SMILES string of the molecule is CNC(=O)C1CCCN1c1ncnc(OC)n1. The second kappa shape index (κ2) is 4.94. The Hall–Kier alpha value is -1.92. The van der Waals surface area contributed by atoms with E-state index in [-0.39, 0.29) is 18.0 Å². The highest BCUT2D eigenvalue weighted by molar-refractivity contribution is 5.84. The first-order valence-electron chi connectivity index (χ1n) is 5.47. The summed E-state index contributed by atoms with van der Waals surface area (Å²) in [5.41, 5.74) is 0. The summed E-state index contributed by atoms with van der Waals surface area (Å²) in [5, 5.41) is 2.65. The van der Waals surface area contributed by atoms with Crippen LogP contribution in [-0.2, 0) is 4.79 Å². The van der Waals surface area contributed by atoms with Gasteiger partial charge in [-0.05, 0) is 12.8 Å². The minimum absolute atomic E-state index is 0.0121. The maximum atomic E-state index is 11.7. The quantitative estimate of drug-likeness (QED) is 0.770. The number of anilines is 1. The van der Waals surface area contributed by atoms with E-state index in [0.29, 0.717) is 5.95 Å². The zero-order valence-corrected chi connectivity index (χ0v) is 9.88. The smallest absolute Gasteiger partial charge is 0.320 e. The normalized spacial score (nSPS) is 19.2. The summed E-state index contributed by atoms with van der Waals surface area (Å²) in [7, 11) is 3.13. The molecule has 92 valence electrons. The molecule has 0 spiro atoms. The number of likely N-dealkylation sites (N-methyl/N-ethyl adjacent to an activating group) is 1. The molecule has 0 radical (unpaired) electrons. The summed E-state index contributed by atoms with van der Waals surface area (Å²) >= 11 is 0. The van der Waals surface area contributed by atoms with Gasteiger partial charge in [-0.1, -0.05) is 0 Å². The van der Waals surface area contributed by atoms with Crippen molar-refractivity contribution in [3.63, 3.8) is 0 Å². The molecule has 0 saturated carbocycles. The van der Waals surface area contributed by atoms with E-state index in [1.54, 1.807) is 7.05 Å². The van der Waals surface area contributed by atoms with Crippen molar-refractivity contribution in [1.82, 2.24) is 20.3 Å². The van der Waals surface area contributed by atoms with Gasteiger partial charge in [0.05, 0.1) is 7.11 Å². The number of ether oxygens (including phenoxy) is 1. The average molecular weight is 237 g/mol. The third-order valence-corrected chi connectivity index (χ3v) is 2.78. The Morgan fingerprint density at radius 1 is 1.59 bits per heavy atom. The first-order valence-corrected chi connectivity index (χ1v) is 5.47. The Morgan fingerprint density at radius 3 is 3.12 bits per heavy atom. The molecule has 1 aliphatic heterocycles. The van der Waals surface area contributed by atoms with Crippen LogP contribution in [0.4, 0.5) is 5.95 Å². The van der Waals surface area contributed by atoms with Gasteiger partial charge in [-0.15, -0.1) is 0 Å². The number of hydrogen-bond acceptors (Lipinski definition) is 6. The summed E-state index contributed by atoms with van der Waals surface area (Å²) in [4.78, 5) is 25.6. The summed E-state index contributed by atoms with van der Waals surface area (Å²) in [6.07, 6.45) is 3.15. The Kier molecular flexibility index (Phi) is 3.36. The molecule has 1 atom stereocenters. The number of rotatable bonds is 3. The first kappa shape index (κ1) is 11.6. The molecule has 0 aliphatic carbocycles. The summed E-state index contributed by atoms with van der Waals surface area (Å²) in [6, 6.07) is 0.0599. The van der Waals surface area contributed by atoms with Crippen LogP contribution in [0.2, 0.25) is 0 Å². The summed E-state index contributed by atoms with van der Waals surface area (Å²) in [6.45, 7) is 0.769. The summed E-state index contributed by atoms with van der Waals surface area (Å²) in [5.74, 6) is 0.477. The Balaban J connectivity index is 2.22. The maximum Gasteiger partial charge on any atom is 0.320 e. The van der Waals surface area contributed by atoms with E-state index in [9.17, 15) is 4.79 Å². The lowest BCUT2D eigenvalue weighted by molar-refractivity contribution is -0.121. The molecule has 1 fully saturated rings. The zero-order chi connectivity index (χ0) is 12.3. The molecule has 1 amide bonds. The number of methoxy groups -OCH3 is 1. The fourth-order valence-electron chi connectivity index (χ4n) is 1.96. The van der Waals surface area contributed by atoms with Gasteiger partial charge in [0.15, 0.2) is 0 Å². The second-order valence-corrected chi connectivity index (χ2v) is 3.74. The molecule has 7 heteroatoms. The van der Waals surface area contributed by atoms with E-state index < -0.39 is 0 Å². The van der Waals surface area contributed by atoms with Gasteiger partial charge in [0.2, 0.25) is 11.9 Å². The van der Waals surface area contributed by atoms with Crippen LogP contribution in [0.1, 0.15) is 12.8 Å².